The van der Waals surface area contributed by atoms with Gasteiger partial charge in [0.15, 0.2) is 0 Å². The van der Waals surface area contributed by atoms with Crippen LogP contribution in [0.3, 0.4) is 0 Å². The summed E-state index contributed by atoms with van der Waals surface area (Å²) in [5, 5.41) is 0. The molecule has 0 bridgehead atoms. The summed E-state index contributed by atoms with van der Waals surface area (Å²) in [5.74, 6) is -0.374. The van der Waals surface area contributed by atoms with Crippen molar-refractivity contribution in [3.8, 4) is 0 Å². The van der Waals surface area contributed by atoms with Gasteiger partial charge in [-0.2, -0.15) is 0 Å². The van der Waals surface area contributed by atoms with Crippen molar-refractivity contribution >= 4 is 5.97 Å². The molecule has 0 aromatic carbocycles. The molecule has 82 valence electrons. The summed E-state index contributed by atoms with van der Waals surface area (Å²) >= 11 is 0. The summed E-state index contributed by atoms with van der Waals surface area (Å²) in [6, 6.07) is 0. The summed E-state index contributed by atoms with van der Waals surface area (Å²) in [5.41, 5.74) is 0. The molecule has 0 rings (SSSR count). The molecule has 0 radical (unpaired) electrons. The number of hydrogen-bond donors (Lipinski definition) is 0. The summed E-state index contributed by atoms with van der Waals surface area (Å²) in [7, 11) is 0. The molecule has 0 aromatic rings. The van der Waals surface area contributed by atoms with E-state index in [4.69, 9.17) is 4.74 Å². The lowest BCUT2D eigenvalue weighted by Gasteiger charge is -2.10. The number of halogens is 1. The lowest BCUT2D eigenvalue weighted by Crippen LogP contribution is -2.12. The van der Waals surface area contributed by atoms with Crippen molar-refractivity contribution in [2.75, 3.05) is 6.67 Å². The Kier molecular flexibility index (Phi) is 8.19. The number of carbonyl (C=O) groups is 1. The van der Waals surface area contributed by atoms with Gasteiger partial charge < -0.3 is 4.74 Å². The van der Waals surface area contributed by atoms with Crippen LogP contribution in [0.1, 0.15) is 39.0 Å². The van der Waals surface area contributed by atoms with E-state index in [1.165, 1.54) is 6.08 Å². The van der Waals surface area contributed by atoms with E-state index in [1.807, 2.05) is 6.92 Å². The monoisotopic (exact) mass is 202 g/mol. The maximum absolute atomic E-state index is 11.7. The van der Waals surface area contributed by atoms with E-state index < -0.39 is 0 Å². The first-order valence-corrected chi connectivity index (χ1v) is 5.09. The number of hydrogen-bond acceptors (Lipinski definition) is 2. The topological polar surface area (TPSA) is 26.3 Å². The molecule has 0 spiro atoms. The highest BCUT2D eigenvalue weighted by Gasteiger charge is 2.05. The van der Waals surface area contributed by atoms with E-state index in [-0.39, 0.29) is 18.7 Å². The van der Waals surface area contributed by atoms with E-state index in [1.54, 1.807) is 0 Å². The average Bonchev–Trinajstić information content (AvgIpc) is 2.17. The largest absolute Gasteiger partial charge is 0.460 e. The Bertz CT molecular complexity index is 169. The molecule has 0 aromatic heterocycles. The predicted molar refractivity (Wildman–Crippen MR) is 54.8 cm³/mol. The van der Waals surface area contributed by atoms with Crippen molar-refractivity contribution in [1.82, 2.24) is 0 Å². The van der Waals surface area contributed by atoms with Gasteiger partial charge in [-0.25, -0.2) is 4.79 Å². The average molecular weight is 202 g/mol. The Labute approximate surface area is 85.1 Å². The fourth-order valence-corrected chi connectivity index (χ4v) is 1.19. The normalized spacial score (nSPS) is 12.1. The molecule has 1 atom stereocenters. The smallest absolute Gasteiger partial charge is 0.330 e. The van der Waals surface area contributed by atoms with Crippen molar-refractivity contribution in [2.24, 2.45) is 0 Å². The van der Waals surface area contributed by atoms with Crippen LogP contribution in [0.15, 0.2) is 12.7 Å². The van der Waals surface area contributed by atoms with Crippen LogP contribution < -0.4 is 0 Å². The van der Waals surface area contributed by atoms with Gasteiger partial charge in [-0.15, -0.1) is 0 Å². The summed E-state index contributed by atoms with van der Waals surface area (Å²) in [6.07, 6.45) is 5.47. The maximum atomic E-state index is 11.7. The van der Waals surface area contributed by atoms with Gasteiger partial charge in [0.05, 0.1) is 12.8 Å². The fourth-order valence-electron chi connectivity index (χ4n) is 1.19. The zero-order valence-electron chi connectivity index (χ0n) is 8.80. The number of rotatable bonds is 8. The first kappa shape index (κ1) is 13.1. The first-order chi connectivity index (χ1) is 6.70. The van der Waals surface area contributed by atoms with Crippen molar-refractivity contribution in [3.05, 3.63) is 12.7 Å². The molecule has 0 fully saturated rings. The summed E-state index contributed by atoms with van der Waals surface area (Å²) in [4.78, 5) is 10.8. The minimum absolute atomic E-state index is 0.0640. The lowest BCUT2D eigenvalue weighted by atomic mass is 10.1. The van der Waals surface area contributed by atoms with Crippen molar-refractivity contribution in [3.63, 3.8) is 0 Å². The van der Waals surface area contributed by atoms with Crippen LogP contribution in [0.25, 0.3) is 0 Å². The van der Waals surface area contributed by atoms with Crippen LogP contribution in [0.5, 0.6) is 0 Å². The van der Waals surface area contributed by atoms with Crippen molar-refractivity contribution in [1.29, 1.82) is 0 Å². The Balaban J connectivity index is 3.30. The van der Waals surface area contributed by atoms with Gasteiger partial charge >= 0.3 is 5.97 Å². The first-order valence-electron chi connectivity index (χ1n) is 5.09. The summed E-state index contributed by atoms with van der Waals surface area (Å²) in [6.45, 7) is 4.94. The van der Waals surface area contributed by atoms with Crippen LogP contribution >= 0.6 is 0 Å². The van der Waals surface area contributed by atoms with E-state index in [0.717, 1.165) is 25.7 Å². The number of ether oxygens (including phenoxy) is 1. The van der Waals surface area contributed by atoms with Crippen LogP contribution in [0.4, 0.5) is 4.39 Å². The zero-order chi connectivity index (χ0) is 10.8. The number of esters is 1. The molecule has 2 nitrogen and oxygen atoms in total. The third-order valence-electron chi connectivity index (χ3n) is 1.98. The lowest BCUT2D eigenvalue weighted by molar-refractivity contribution is -0.142. The molecule has 0 amide bonds. The van der Waals surface area contributed by atoms with Gasteiger partial charge in [0.1, 0.15) is 0 Å². The second-order valence-electron chi connectivity index (χ2n) is 3.34. The number of unbranched alkanes of at least 4 members (excludes halogenated alkanes) is 3. The van der Waals surface area contributed by atoms with E-state index in [9.17, 15) is 9.18 Å². The maximum Gasteiger partial charge on any atom is 0.330 e. The molecule has 0 aliphatic carbocycles. The molecule has 1 unspecified atom stereocenters. The molecule has 0 aliphatic heterocycles. The minimum atomic E-state index is -0.374. The standard InChI is InChI=1S/C11H19FO2/c1-3-11(13)14-10(2)8-6-4-5-7-9-12/h3,10H,1,4-9H2,2H3. The van der Waals surface area contributed by atoms with Crippen LogP contribution in [0, 0.1) is 0 Å². The van der Waals surface area contributed by atoms with Gasteiger partial charge in [0.25, 0.3) is 0 Å². The van der Waals surface area contributed by atoms with E-state index in [2.05, 4.69) is 6.58 Å². The minimum Gasteiger partial charge on any atom is -0.460 e. The third-order valence-corrected chi connectivity index (χ3v) is 1.98. The second kappa shape index (κ2) is 8.73. The Morgan fingerprint density at radius 2 is 2.07 bits per heavy atom. The second-order valence-corrected chi connectivity index (χ2v) is 3.34. The number of alkyl halides is 1. The Morgan fingerprint density at radius 3 is 2.64 bits per heavy atom. The third kappa shape index (κ3) is 7.77. The molecule has 0 saturated heterocycles. The molecule has 0 N–H and O–H groups in total. The molecular formula is C11H19FO2. The van der Waals surface area contributed by atoms with Crippen LogP contribution in [0.2, 0.25) is 0 Å². The molecule has 0 saturated carbocycles. The zero-order valence-corrected chi connectivity index (χ0v) is 8.80. The predicted octanol–water partition coefficient (Wildman–Crippen LogP) is 3.02. The summed E-state index contributed by atoms with van der Waals surface area (Å²) < 4.78 is 16.7. The van der Waals surface area contributed by atoms with Crippen molar-refractivity contribution in [2.45, 2.75) is 45.1 Å². The van der Waals surface area contributed by atoms with Gasteiger partial charge in [0.2, 0.25) is 0 Å². The van der Waals surface area contributed by atoms with Gasteiger partial charge in [-0.1, -0.05) is 19.4 Å². The van der Waals surface area contributed by atoms with Gasteiger partial charge in [-0.05, 0) is 26.2 Å². The highest BCUT2D eigenvalue weighted by molar-refractivity contribution is 5.81. The van der Waals surface area contributed by atoms with Crippen LogP contribution in [-0.2, 0) is 9.53 Å². The number of carbonyl (C=O) groups excluding carboxylic acids is 1. The SMILES string of the molecule is C=CC(=O)OC(C)CCCCCCF. The molecule has 0 heterocycles. The van der Waals surface area contributed by atoms with Crippen molar-refractivity contribution < 1.29 is 13.9 Å². The molecule has 0 aliphatic rings. The highest BCUT2D eigenvalue weighted by atomic mass is 19.1. The Hall–Kier alpha value is -0.860. The quantitative estimate of drug-likeness (QED) is 0.343. The fraction of sp³-hybridized carbons (Fsp3) is 0.727. The van der Waals surface area contributed by atoms with E-state index >= 15 is 0 Å². The molecule has 3 heteroatoms. The van der Waals surface area contributed by atoms with Gasteiger partial charge in [-0.3, -0.25) is 4.39 Å². The Morgan fingerprint density at radius 1 is 1.43 bits per heavy atom. The van der Waals surface area contributed by atoms with E-state index in [0.29, 0.717) is 6.42 Å². The molecular weight excluding hydrogens is 183 g/mol. The molecule has 14 heavy (non-hydrogen) atoms. The highest BCUT2D eigenvalue weighted by Crippen LogP contribution is 2.08. The van der Waals surface area contributed by atoms with Gasteiger partial charge in [0, 0.05) is 6.08 Å². The van der Waals surface area contributed by atoms with Crippen LogP contribution in [-0.4, -0.2) is 18.7 Å².